The predicted octanol–water partition coefficient (Wildman–Crippen LogP) is 7.91. The summed E-state index contributed by atoms with van der Waals surface area (Å²) in [5, 5.41) is 0. The molecule has 0 fully saturated rings. The van der Waals surface area contributed by atoms with E-state index in [9.17, 15) is 0 Å². The van der Waals surface area contributed by atoms with Crippen LogP contribution in [0.5, 0.6) is 0 Å². The van der Waals surface area contributed by atoms with Gasteiger partial charge < -0.3 is 4.42 Å². The lowest BCUT2D eigenvalue weighted by atomic mass is 10.1. The van der Waals surface area contributed by atoms with Gasteiger partial charge in [-0.25, -0.2) is 19.9 Å². The lowest BCUT2D eigenvalue weighted by Gasteiger charge is -2.10. The Morgan fingerprint density at radius 1 is 0.459 bits per heavy atom. The first-order valence-electron chi connectivity index (χ1n) is 12.3. The van der Waals surface area contributed by atoms with Crippen LogP contribution in [0.4, 0.5) is 0 Å². The zero-order chi connectivity index (χ0) is 25.5. The summed E-state index contributed by atoms with van der Waals surface area (Å²) in [5.74, 6) is 2.54. The third-order valence-electron chi connectivity index (χ3n) is 6.28. The number of hydrogen-bond acceptors (Lipinski definition) is 5. The highest BCUT2D eigenvalue weighted by Crippen LogP contribution is 2.29. The molecule has 0 aliphatic carbocycles. The smallest absolute Gasteiger partial charge is 0.227 e. The van der Waals surface area contributed by atoms with E-state index < -0.39 is 0 Å². The SMILES string of the molecule is Cc1cc(C)cc(-c2nc(-c3ccc(-c4nc5ccccc5o4)cc3)nc(-c3cc(C)cc(C)c3)n2)c1. The number of benzene rings is 4. The number of nitrogens with zero attached hydrogens (tertiary/aromatic N) is 4. The average molecular weight is 483 g/mol. The molecule has 0 radical (unpaired) electrons. The predicted molar refractivity (Wildman–Crippen MR) is 148 cm³/mol. The molecule has 0 N–H and O–H groups in total. The number of fused-ring (bicyclic) bond motifs is 1. The molecule has 6 rings (SSSR count). The van der Waals surface area contributed by atoms with Crippen molar-refractivity contribution in [2.75, 3.05) is 0 Å². The number of aromatic nitrogens is 4. The minimum absolute atomic E-state index is 0.593. The molecule has 0 spiro atoms. The van der Waals surface area contributed by atoms with Crippen molar-refractivity contribution in [1.29, 1.82) is 0 Å². The maximum absolute atomic E-state index is 5.95. The molecule has 2 heterocycles. The summed E-state index contributed by atoms with van der Waals surface area (Å²) in [6, 6.07) is 28.6. The summed E-state index contributed by atoms with van der Waals surface area (Å²) in [6.45, 7) is 8.37. The molecular formula is C32H26N4O. The maximum atomic E-state index is 5.95. The summed E-state index contributed by atoms with van der Waals surface area (Å²) >= 11 is 0. The molecule has 0 saturated heterocycles. The highest BCUT2D eigenvalue weighted by atomic mass is 16.3. The molecule has 180 valence electrons. The standard InChI is InChI=1S/C32H26N4O/c1-19-13-20(2)16-25(15-19)30-34-29(35-31(36-30)26-17-21(3)14-22(4)18-26)23-9-11-24(12-10-23)32-33-27-7-5-6-8-28(27)37-32/h5-18H,1-4H3. The van der Waals surface area contributed by atoms with Crippen molar-refractivity contribution in [2.24, 2.45) is 0 Å². The third-order valence-corrected chi connectivity index (χ3v) is 6.28. The molecule has 0 aliphatic rings. The minimum Gasteiger partial charge on any atom is -0.436 e. The van der Waals surface area contributed by atoms with Gasteiger partial charge in [-0.15, -0.1) is 0 Å². The van der Waals surface area contributed by atoms with Crippen LogP contribution < -0.4 is 0 Å². The number of oxazole rings is 1. The fourth-order valence-corrected chi connectivity index (χ4v) is 4.73. The molecule has 0 unspecified atom stereocenters. The molecule has 0 aliphatic heterocycles. The van der Waals surface area contributed by atoms with Crippen molar-refractivity contribution in [2.45, 2.75) is 27.7 Å². The van der Waals surface area contributed by atoms with Crippen molar-refractivity contribution in [3.8, 4) is 45.6 Å². The largest absolute Gasteiger partial charge is 0.436 e. The lowest BCUT2D eigenvalue weighted by Crippen LogP contribution is -2.01. The van der Waals surface area contributed by atoms with E-state index in [4.69, 9.17) is 19.4 Å². The summed E-state index contributed by atoms with van der Waals surface area (Å²) in [7, 11) is 0. The van der Waals surface area contributed by atoms with E-state index in [1.165, 1.54) is 22.3 Å². The second kappa shape index (κ2) is 9.10. The molecule has 0 atom stereocenters. The van der Waals surface area contributed by atoms with E-state index in [0.717, 1.165) is 33.4 Å². The Hall–Kier alpha value is -4.64. The van der Waals surface area contributed by atoms with E-state index in [1.807, 2.05) is 48.5 Å². The van der Waals surface area contributed by atoms with Gasteiger partial charge in [0.15, 0.2) is 23.1 Å². The molecule has 37 heavy (non-hydrogen) atoms. The number of para-hydroxylation sites is 2. The lowest BCUT2D eigenvalue weighted by molar-refractivity contribution is 0.620. The molecule has 0 amide bonds. The van der Waals surface area contributed by atoms with Gasteiger partial charge >= 0.3 is 0 Å². The highest BCUT2D eigenvalue weighted by Gasteiger charge is 2.14. The molecule has 4 aromatic carbocycles. The van der Waals surface area contributed by atoms with Gasteiger partial charge in [0.2, 0.25) is 5.89 Å². The van der Waals surface area contributed by atoms with Gasteiger partial charge in [-0.1, -0.05) is 58.7 Å². The fraction of sp³-hybridized carbons (Fsp3) is 0.125. The van der Waals surface area contributed by atoms with E-state index in [2.05, 4.69) is 69.1 Å². The quantitative estimate of drug-likeness (QED) is 0.255. The summed E-state index contributed by atoms with van der Waals surface area (Å²) in [5.41, 5.74) is 10.1. The number of hydrogen-bond donors (Lipinski definition) is 0. The van der Waals surface area contributed by atoms with Gasteiger partial charge in [-0.2, -0.15) is 0 Å². The van der Waals surface area contributed by atoms with E-state index >= 15 is 0 Å². The monoisotopic (exact) mass is 482 g/mol. The van der Waals surface area contributed by atoms with Crippen LogP contribution in [-0.2, 0) is 0 Å². The van der Waals surface area contributed by atoms with Crippen LogP contribution in [0.1, 0.15) is 22.3 Å². The van der Waals surface area contributed by atoms with Crippen LogP contribution in [0, 0.1) is 27.7 Å². The number of rotatable bonds is 4. The van der Waals surface area contributed by atoms with Crippen molar-refractivity contribution in [3.05, 3.63) is 107 Å². The first kappa shape index (κ1) is 22.8. The second-order valence-electron chi connectivity index (χ2n) is 9.62. The normalized spacial score (nSPS) is 11.2. The number of aryl methyl sites for hydroxylation is 4. The Labute approximate surface area is 215 Å². The Kier molecular flexibility index (Phi) is 5.61. The summed E-state index contributed by atoms with van der Waals surface area (Å²) < 4.78 is 5.95. The highest BCUT2D eigenvalue weighted by molar-refractivity contribution is 5.76. The van der Waals surface area contributed by atoms with Gasteiger partial charge in [0, 0.05) is 22.3 Å². The molecule has 0 saturated carbocycles. The van der Waals surface area contributed by atoms with Crippen LogP contribution in [-0.4, -0.2) is 19.9 Å². The molecule has 6 aromatic rings. The molecule has 5 nitrogen and oxygen atoms in total. The van der Waals surface area contributed by atoms with Gasteiger partial charge in [-0.05, 0) is 76.2 Å². The van der Waals surface area contributed by atoms with Gasteiger partial charge in [0.25, 0.3) is 0 Å². The molecule has 2 aromatic heterocycles. The zero-order valence-electron chi connectivity index (χ0n) is 21.3. The van der Waals surface area contributed by atoms with Crippen molar-refractivity contribution < 1.29 is 4.42 Å². The Morgan fingerprint density at radius 2 is 0.919 bits per heavy atom. The van der Waals surface area contributed by atoms with E-state index in [1.54, 1.807) is 0 Å². The van der Waals surface area contributed by atoms with E-state index in [-0.39, 0.29) is 0 Å². The summed E-state index contributed by atoms with van der Waals surface area (Å²) in [6.07, 6.45) is 0. The summed E-state index contributed by atoms with van der Waals surface area (Å²) in [4.78, 5) is 19.3. The Bertz CT molecular complexity index is 1620. The van der Waals surface area contributed by atoms with Crippen LogP contribution in [0.2, 0.25) is 0 Å². The Morgan fingerprint density at radius 3 is 1.43 bits per heavy atom. The second-order valence-corrected chi connectivity index (χ2v) is 9.62. The van der Waals surface area contributed by atoms with Crippen LogP contribution in [0.3, 0.4) is 0 Å². The first-order valence-corrected chi connectivity index (χ1v) is 12.3. The average Bonchev–Trinajstić information content (AvgIpc) is 3.32. The molecule has 5 heteroatoms. The third kappa shape index (κ3) is 4.64. The topological polar surface area (TPSA) is 64.7 Å². The van der Waals surface area contributed by atoms with Crippen molar-refractivity contribution in [3.63, 3.8) is 0 Å². The first-order chi connectivity index (χ1) is 17.9. The maximum Gasteiger partial charge on any atom is 0.227 e. The van der Waals surface area contributed by atoms with Gasteiger partial charge in [0.1, 0.15) is 5.52 Å². The van der Waals surface area contributed by atoms with Gasteiger partial charge in [0.05, 0.1) is 0 Å². The van der Waals surface area contributed by atoms with Crippen LogP contribution >= 0.6 is 0 Å². The Balaban J connectivity index is 1.46. The van der Waals surface area contributed by atoms with E-state index in [0.29, 0.717) is 23.4 Å². The molecule has 0 bridgehead atoms. The van der Waals surface area contributed by atoms with Gasteiger partial charge in [-0.3, -0.25) is 0 Å². The van der Waals surface area contributed by atoms with Crippen LogP contribution in [0.15, 0.2) is 89.3 Å². The van der Waals surface area contributed by atoms with Crippen molar-refractivity contribution in [1.82, 2.24) is 19.9 Å². The van der Waals surface area contributed by atoms with Crippen LogP contribution in [0.25, 0.3) is 56.7 Å². The zero-order valence-corrected chi connectivity index (χ0v) is 21.3. The van der Waals surface area contributed by atoms with Crippen molar-refractivity contribution >= 4 is 11.1 Å². The fourth-order valence-electron chi connectivity index (χ4n) is 4.73. The minimum atomic E-state index is 0.593. The molecular weight excluding hydrogens is 456 g/mol.